The van der Waals surface area contributed by atoms with Crippen molar-refractivity contribution in [3.05, 3.63) is 34.4 Å². The van der Waals surface area contributed by atoms with E-state index in [1.165, 1.54) is 24.3 Å². The van der Waals surface area contributed by atoms with Gasteiger partial charge in [0.15, 0.2) is 0 Å². The molecule has 1 aromatic carbocycles. The van der Waals surface area contributed by atoms with E-state index in [9.17, 15) is 20.0 Å². The average Bonchev–Trinajstić information content (AvgIpc) is 2.81. The molecular weight excluding hydrogens is 274 g/mol. The van der Waals surface area contributed by atoms with Crippen LogP contribution in [0.5, 0.6) is 0 Å². The minimum atomic E-state index is -0.491. The summed E-state index contributed by atoms with van der Waals surface area (Å²) in [6.07, 6.45) is 2.69. The first-order valence-corrected chi connectivity index (χ1v) is 6.87. The van der Waals surface area contributed by atoms with Gasteiger partial charge < -0.3 is 15.7 Å². The number of hydrogen-bond acceptors (Lipinski definition) is 4. The van der Waals surface area contributed by atoms with Crippen LogP contribution in [-0.2, 0) is 0 Å². The van der Waals surface area contributed by atoms with Crippen molar-refractivity contribution in [2.75, 3.05) is 11.9 Å². The van der Waals surface area contributed by atoms with Gasteiger partial charge in [-0.15, -0.1) is 0 Å². The molecule has 2 atom stereocenters. The highest BCUT2D eigenvalue weighted by Gasteiger charge is 2.39. The van der Waals surface area contributed by atoms with Crippen molar-refractivity contribution in [3.8, 4) is 0 Å². The van der Waals surface area contributed by atoms with Crippen molar-refractivity contribution in [1.29, 1.82) is 0 Å². The number of aliphatic hydroxyl groups is 1. The van der Waals surface area contributed by atoms with Crippen LogP contribution in [0.1, 0.15) is 26.2 Å². The van der Waals surface area contributed by atoms with E-state index in [-0.39, 0.29) is 29.8 Å². The number of aliphatic hydroxyl groups excluding tert-OH is 1. The molecule has 0 spiro atoms. The quantitative estimate of drug-likeness (QED) is 0.585. The molecule has 3 N–H and O–H groups in total. The zero-order chi connectivity index (χ0) is 15.5. The molecule has 1 saturated carbocycles. The summed E-state index contributed by atoms with van der Waals surface area (Å²) in [7, 11) is 0. The fourth-order valence-electron chi connectivity index (χ4n) is 2.66. The van der Waals surface area contributed by atoms with Gasteiger partial charge in [-0.2, -0.15) is 0 Å². The lowest BCUT2D eigenvalue weighted by Gasteiger charge is -2.30. The maximum Gasteiger partial charge on any atom is 0.319 e. The first-order chi connectivity index (χ1) is 9.94. The molecule has 114 valence electrons. The van der Waals surface area contributed by atoms with Crippen LogP contribution in [0.25, 0.3) is 0 Å². The Morgan fingerprint density at radius 3 is 2.71 bits per heavy atom. The Morgan fingerprint density at radius 1 is 1.48 bits per heavy atom. The SMILES string of the molecule is CC1(CO)CCCC1NC(=O)Nc1ccc([N+](=O)[O-])cc1. The first-order valence-electron chi connectivity index (χ1n) is 6.87. The number of carbonyl (C=O) groups excluding carboxylic acids is 1. The number of nitrogens with zero attached hydrogens (tertiary/aromatic N) is 1. The zero-order valence-electron chi connectivity index (χ0n) is 11.8. The molecule has 1 aromatic rings. The summed E-state index contributed by atoms with van der Waals surface area (Å²) in [5.41, 5.74) is 0.179. The number of non-ortho nitro benzene ring substituents is 1. The van der Waals surface area contributed by atoms with Crippen LogP contribution in [0, 0.1) is 15.5 Å². The predicted molar refractivity (Wildman–Crippen MR) is 78.1 cm³/mol. The third kappa shape index (κ3) is 3.49. The topological polar surface area (TPSA) is 104 Å². The van der Waals surface area contributed by atoms with Crippen LogP contribution < -0.4 is 10.6 Å². The van der Waals surface area contributed by atoms with E-state index in [1.807, 2.05) is 6.92 Å². The maximum atomic E-state index is 12.0. The van der Waals surface area contributed by atoms with Crippen LogP contribution in [0.2, 0.25) is 0 Å². The number of hydrogen-bond donors (Lipinski definition) is 3. The van der Waals surface area contributed by atoms with Crippen molar-refractivity contribution in [1.82, 2.24) is 5.32 Å². The highest BCUT2D eigenvalue weighted by atomic mass is 16.6. The Kier molecular flexibility index (Phi) is 4.42. The van der Waals surface area contributed by atoms with Gasteiger partial charge in [-0.3, -0.25) is 10.1 Å². The van der Waals surface area contributed by atoms with Gasteiger partial charge in [-0.1, -0.05) is 13.3 Å². The summed E-state index contributed by atoms with van der Waals surface area (Å²) in [4.78, 5) is 22.0. The molecule has 0 aliphatic heterocycles. The monoisotopic (exact) mass is 293 g/mol. The maximum absolute atomic E-state index is 12.0. The smallest absolute Gasteiger partial charge is 0.319 e. The summed E-state index contributed by atoms with van der Waals surface area (Å²) < 4.78 is 0. The molecule has 7 heteroatoms. The molecule has 7 nitrogen and oxygen atoms in total. The van der Waals surface area contributed by atoms with Crippen LogP contribution in [0.4, 0.5) is 16.2 Å². The molecule has 2 rings (SSSR count). The fraction of sp³-hybridized carbons (Fsp3) is 0.500. The van der Waals surface area contributed by atoms with Crippen LogP contribution >= 0.6 is 0 Å². The summed E-state index contributed by atoms with van der Waals surface area (Å²) in [5.74, 6) is 0. The van der Waals surface area contributed by atoms with Gasteiger partial charge in [0.25, 0.3) is 5.69 Å². The highest BCUT2D eigenvalue weighted by molar-refractivity contribution is 5.89. The molecule has 1 aliphatic carbocycles. The van der Waals surface area contributed by atoms with Gasteiger partial charge in [0.2, 0.25) is 0 Å². The molecule has 2 amide bonds. The Balaban J connectivity index is 1.94. The number of nitrogens with one attached hydrogen (secondary N) is 2. The summed E-state index contributed by atoms with van der Waals surface area (Å²) in [6, 6.07) is 5.21. The van der Waals surface area contributed by atoms with E-state index in [0.29, 0.717) is 5.69 Å². The van der Waals surface area contributed by atoms with Crippen molar-refractivity contribution in [3.63, 3.8) is 0 Å². The molecular formula is C14H19N3O4. The standard InChI is InChI=1S/C14H19N3O4/c1-14(9-18)8-2-3-12(14)16-13(19)15-10-4-6-11(7-5-10)17(20)21/h4-7,12,18H,2-3,8-9H2,1H3,(H2,15,16,19). The second-order valence-corrected chi connectivity index (χ2v) is 5.66. The minimum absolute atomic E-state index is 0.0235. The lowest BCUT2D eigenvalue weighted by Crippen LogP contribution is -2.46. The average molecular weight is 293 g/mol. The molecule has 0 saturated heterocycles. The van der Waals surface area contributed by atoms with E-state index in [0.717, 1.165) is 19.3 Å². The molecule has 2 unspecified atom stereocenters. The second-order valence-electron chi connectivity index (χ2n) is 5.66. The normalized spacial score (nSPS) is 24.6. The zero-order valence-corrected chi connectivity index (χ0v) is 11.8. The van der Waals surface area contributed by atoms with Gasteiger partial charge in [0, 0.05) is 29.3 Å². The Labute approximate surface area is 122 Å². The van der Waals surface area contributed by atoms with Gasteiger partial charge in [0.1, 0.15) is 0 Å². The van der Waals surface area contributed by atoms with Gasteiger partial charge in [0.05, 0.1) is 11.5 Å². The first kappa shape index (κ1) is 15.2. The number of anilines is 1. The van der Waals surface area contributed by atoms with Gasteiger partial charge >= 0.3 is 6.03 Å². The Hall–Kier alpha value is -2.15. The largest absolute Gasteiger partial charge is 0.396 e. The van der Waals surface area contributed by atoms with Crippen molar-refractivity contribution >= 4 is 17.4 Å². The number of rotatable bonds is 4. The molecule has 0 radical (unpaired) electrons. The van der Waals surface area contributed by atoms with Crippen LogP contribution in [0.15, 0.2) is 24.3 Å². The van der Waals surface area contributed by atoms with E-state index >= 15 is 0 Å². The molecule has 0 aromatic heterocycles. The number of nitro benzene ring substituents is 1. The van der Waals surface area contributed by atoms with E-state index in [2.05, 4.69) is 10.6 Å². The third-order valence-corrected chi connectivity index (χ3v) is 4.08. The van der Waals surface area contributed by atoms with E-state index in [4.69, 9.17) is 0 Å². The number of amides is 2. The van der Waals surface area contributed by atoms with Crippen molar-refractivity contribution < 1.29 is 14.8 Å². The van der Waals surface area contributed by atoms with Crippen LogP contribution in [0.3, 0.4) is 0 Å². The van der Waals surface area contributed by atoms with Crippen LogP contribution in [-0.4, -0.2) is 28.7 Å². The summed E-state index contributed by atoms with van der Waals surface area (Å²) in [5, 5.41) is 25.5. The van der Waals surface area contributed by atoms with Crippen molar-refractivity contribution in [2.45, 2.75) is 32.2 Å². The molecule has 21 heavy (non-hydrogen) atoms. The second kappa shape index (κ2) is 6.09. The molecule has 1 fully saturated rings. The lowest BCUT2D eigenvalue weighted by molar-refractivity contribution is -0.384. The van der Waals surface area contributed by atoms with E-state index < -0.39 is 4.92 Å². The Morgan fingerprint density at radius 2 is 2.14 bits per heavy atom. The lowest BCUT2D eigenvalue weighted by atomic mass is 9.86. The third-order valence-electron chi connectivity index (χ3n) is 4.08. The number of urea groups is 1. The predicted octanol–water partition coefficient (Wildman–Crippen LogP) is 2.27. The van der Waals surface area contributed by atoms with Crippen molar-refractivity contribution in [2.24, 2.45) is 5.41 Å². The number of carbonyl (C=O) groups is 1. The van der Waals surface area contributed by atoms with E-state index in [1.54, 1.807) is 0 Å². The Bertz CT molecular complexity index is 532. The van der Waals surface area contributed by atoms with Gasteiger partial charge in [-0.25, -0.2) is 4.79 Å². The molecule has 0 heterocycles. The summed E-state index contributed by atoms with van der Waals surface area (Å²) in [6.45, 7) is 1.99. The fourth-order valence-corrected chi connectivity index (χ4v) is 2.66. The number of benzene rings is 1. The molecule has 0 bridgehead atoms. The van der Waals surface area contributed by atoms with Gasteiger partial charge in [-0.05, 0) is 25.0 Å². The number of nitro groups is 1. The highest BCUT2D eigenvalue weighted by Crippen LogP contribution is 2.37. The summed E-state index contributed by atoms with van der Waals surface area (Å²) >= 11 is 0. The minimum Gasteiger partial charge on any atom is -0.396 e. The molecule has 1 aliphatic rings.